The first-order chi connectivity index (χ1) is 8.96. The predicted molar refractivity (Wildman–Crippen MR) is 61.7 cm³/mol. The minimum atomic E-state index is -4.18. The topological polar surface area (TPSA) is 44.8 Å². The molecule has 110 valence electrons. The zero-order valence-corrected chi connectivity index (χ0v) is 10.6. The Balaban J connectivity index is 1.77. The number of rotatable bonds is 2. The second kappa shape index (κ2) is 6.06. The number of halogens is 3. The van der Waals surface area contributed by atoms with Crippen molar-refractivity contribution < 1.29 is 22.7 Å². The van der Waals surface area contributed by atoms with Crippen LogP contribution in [0.3, 0.4) is 0 Å². The van der Waals surface area contributed by atoms with Gasteiger partial charge in [0.2, 0.25) is 0 Å². The van der Waals surface area contributed by atoms with Gasteiger partial charge in [0.15, 0.2) is 0 Å². The molecular weight excluding hydrogens is 263 g/mol. The Morgan fingerprint density at radius 2 is 1.95 bits per heavy atom. The molecule has 2 aliphatic rings. The number of hydrogen-bond donors (Lipinski definition) is 1. The third-order valence-corrected chi connectivity index (χ3v) is 3.29. The van der Waals surface area contributed by atoms with Crippen molar-refractivity contribution in [3.63, 3.8) is 0 Å². The molecule has 5 nitrogen and oxygen atoms in total. The van der Waals surface area contributed by atoms with Crippen LogP contribution in [-0.2, 0) is 9.53 Å². The van der Waals surface area contributed by atoms with Gasteiger partial charge < -0.3 is 15.0 Å². The van der Waals surface area contributed by atoms with E-state index in [-0.39, 0.29) is 19.0 Å². The second-order valence-corrected chi connectivity index (χ2v) is 4.78. The van der Waals surface area contributed by atoms with Gasteiger partial charge in [0.25, 0.3) is 5.91 Å². The third-order valence-electron chi connectivity index (χ3n) is 3.29. The zero-order chi connectivity index (χ0) is 13.9. The summed E-state index contributed by atoms with van der Waals surface area (Å²) in [5.74, 6) is -0.126. The molecule has 1 amide bonds. The highest BCUT2D eigenvalue weighted by atomic mass is 19.4. The highest BCUT2D eigenvalue weighted by molar-refractivity contribution is 5.81. The molecule has 1 unspecified atom stereocenters. The van der Waals surface area contributed by atoms with Crippen LogP contribution in [0.5, 0.6) is 0 Å². The average Bonchev–Trinajstić information content (AvgIpc) is 2.38. The summed E-state index contributed by atoms with van der Waals surface area (Å²) in [7, 11) is 0. The first kappa shape index (κ1) is 14.5. The van der Waals surface area contributed by atoms with Gasteiger partial charge >= 0.3 is 6.18 Å². The zero-order valence-electron chi connectivity index (χ0n) is 10.6. The lowest BCUT2D eigenvalue weighted by molar-refractivity contribution is -0.156. The van der Waals surface area contributed by atoms with Gasteiger partial charge in [-0.2, -0.15) is 13.2 Å². The quantitative estimate of drug-likeness (QED) is 0.753. The van der Waals surface area contributed by atoms with Crippen LogP contribution in [0.15, 0.2) is 0 Å². The largest absolute Gasteiger partial charge is 0.401 e. The molecule has 2 saturated heterocycles. The molecule has 0 bridgehead atoms. The van der Waals surface area contributed by atoms with Crippen molar-refractivity contribution in [2.75, 3.05) is 52.4 Å². The molecule has 2 rings (SSSR count). The maximum absolute atomic E-state index is 12.2. The van der Waals surface area contributed by atoms with E-state index in [0.717, 1.165) is 6.54 Å². The summed E-state index contributed by atoms with van der Waals surface area (Å²) >= 11 is 0. The van der Waals surface area contributed by atoms with Crippen LogP contribution in [0.4, 0.5) is 13.2 Å². The number of amides is 1. The van der Waals surface area contributed by atoms with Gasteiger partial charge in [-0.15, -0.1) is 0 Å². The van der Waals surface area contributed by atoms with Crippen molar-refractivity contribution >= 4 is 5.91 Å². The molecule has 0 aromatic carbocycles. The summed E-state index contributed by atoms with van der Waals surface area (Å²) in [6.07, 6.45) is -4.68. The van der Waals surface area contributed by atoms with Crippen LogP contribution >= 0.6 is 0 Å². The predicted octanol–water partition coefficient (Wildman–Crippen LogP) is -0.319. The van der Waals surface area contributed by atoms with Gasteiger partial charge in [-0.1, -0.05) is 0 Å². The number of alkyl halides is 3. The van der Waals surface area contributed by atoms with Crippen LogP contribution in [0, 0.1) is 0 Å². The molecule has 0 aromatic heterocycles. The Morgan fingerprint density at radius 1 is 1.26 bits per heavy atom. The van der Waals surface area contributed by atoms with E-state index in [2.05, 4.69) is 5.32 Å². The van der Waals surface area contributed by atoms with E-state index in [1.165, 1.54) is 4.90 Å². The first-order valence-corrected chi connectivity index (χ1v) is 6.36. The summed E-state index contributed by atoms with van der Waals surface area (Å²) < 4.78 is 42.1. The standard InChI is InChI=1S/C11H18F3N3O2/c12-11(13,14)8-16-2-4-17(5-3-16)10(18)9-7-15-1-6-19-9/h9,15H,1-8H2. The molecule has 2 fully saturated rings. The minimum absolute atomic E-state index is 0.126. The Kier molecular flexibility index (Phi) is 4.64. The number of hydrogen-bond acceptors (Lipinski definition) is 4. The first-order valence-electron chi connectivity index (χ1n) is 6.36. The Labute approximate surface area is 109 Å². The van der Waals surface area contributed by atoms with Crippen LogP contribution in [0.2, 0.25) is 0 Å². The second-order valence-electron chi connectivity index (χ2n) is 4.78. The van der Waals surface area contributed by atoms with E-state index >= 15 is 0 Å². The smallest absolute Gasteiger partial charge is 0.366 e. The van der Waals surface area contributed by atoms with Crippen molar-refractivity contribution in [1.82, 2.24) is 15.1 Å². The molecule has 0 aromatic rings. The Hall–Kier alpha value is -0.860. The van der Waals surface area contributed by atoms with E-state index in [0.29, 0.717) is 26.2 Å². The maximum atomic E-state index is 12.2. The Morgan fingerprint density at radius 3 is 2.47 bits per heavy atom. The van der Waals surface area contributed by atoms with Crippen LogP contribution in [-0.4, -0.2) is 80.4 Å². The molecule has 0 saturated carbocycles. The van der Waals surface area contributed by atoms with Crippen molar-refractivity contribution in [3.05, 3.63) is 0 Å². The van der Waals surface area contributed by atoms with Crippen LogP contribution < -0.4 is 5.32 Å². The molecule has 1 N–H and O–H groups in total. The molecule has 0 spiro atoms. The van der Waals surface area contributed by atoms with E-state index < -0.39 is 18.8 Å². The van der Waals surface area contributed by atoms with Gasteiger partial charge in [0.05, 0.1) is 13.2 Å². The van der Waals surface area contributed by atoms with Gasteiger partial charge in [-0.05, 0) is 0 Å². The number of carbonyl (C=O) groups excluding carboxylic acids is 1. The lowest BCUT2D eigenvalue weighted by atomic mass is 10.2. The van der Waals surface area contributed by atoms with Gasteiger partial charge in [0, 0.05) is 39.3 Å². The van der Waals surface area contributed by atoms with E-state index in [4.69, 9.17) is 4.74 Å². The fourth-order valence-electron chi connectivity index (χ4n) is 2.31. The summed E-state index contributed by atoms with van der Waals surface area (Å²) in [6.45, 7) is 1.95. The van der Waals surface area contributed by atoms with Crippen molar-refractivity contribution in [1.29, 1.82) is 0 Å². The molecule has 2 heterocycles. The number of carbonyl (C=O) groups is 1. The third kappa shape index (κ3) is 4.32. The minimum Gasteiger partial charge on any atom is -0.366 e. The maximum Gasteiger partial charge on any atom is 0.401 e. The molecular formula is C11H18F3N3O2. The van der Waals surface area contributed by atoms with E-state index in [1.807, 2.05) is 0 Å². The highest BCUT2D eigenvalue weighted by Gasteiger charge is 2.34. The number of nitrogens with zero attached hydrogens (tertiary/aromatic N) is 2. The van der Waals surface area contributed by atoms with Crippen molar-refractivity contribution in [2.45, 2.75) is 12.3 Å². The average molecular weight is 281 g/mol. The van der Waals surface area contributed by atoms with E-state index in [1.54, 1.807) is 4.90 Å². The summed E-state index contributed by atoms with van der Waals surface area (Å²) in [6, 6.07) is 0. The number of piperazine rings is 1. The summed E-state index contributed by atoms with van der Waals surface area (Å²) in [5.41, 5.74) is 0. The summed E-state index contributed by atoms with van der Waals surface area (Å²) in [4.78, 5) is 15.0. The van der Waals surface area contributed by atoms with Gasteiger partial charge in [-0.25, -0.2) is 0 Å². The number of ether oxygens (including phenoxy) is 1. The van der Waals surface area contributed by atoms with Crippen LogP contribution in [0.25, 0.3) is 0 Å². The van der Waals surface area contributed by atoms with Crippen molar-refractivity contribution in [2.24, 2.45) is 0 Å². The van der Waals surface area contributed by atoms with Gasteiger partial charge in [-0.3, -0.25) is 9.69 Å². The van der Waals surface area contributed by atoms with Crippen LogP contribution in [0.1, 0.15) is 0 Å². The van der Waals surface area contributed by atoms with Gasteiger partial charge in [0.1, 0.15) is 6.10 Å². The Bertz CT molecular complexity index is 311. The summed E-state index contributed by atoms with van der Waals surface area (Å²) in [5, 5.41) is 3.06. The number of nitrogens with one attached hydrogen (secondary N) is 1. The SMILES string of the molecule is O=C(C1CNCCO1)N1CCN(CC(F)(F)F)CC1. The molecule has 1 atom stereocenters. The van der Waals surface area contributed by atoms with Crippen molar-refractivity contribution in [3.8, 4) is 0 Å². The normalized spacial score (nSPS) is 26.5. The molecule has 0 aliphatic carbocycles. The lowest BCUT2D eigenvalue weighted by Gasteiger charge is -2.37. The molecule has 8 heteroatoms. The van der Waals surface area contributed by atoms with E-state index in [9.17, 15) is 18.0 Å². The number of morpholine rings is 1. The monoisotopic (exact) mass is 281 g/mol. The fourth-order valence-corrected chi connectivity index (χ4v) is 2.31. The molecule has 2 aliphatic heterocycles. The fraction of sp³-hybridized carbons (Fsp3) is 0.909. The highest BCUT2D eigenvalue weighted by Crippen LogP contribution is 2.17. The molecule has 0 radical (unpaired) electrons. The lowest BCUT2D eigenvalue weighted by Crippen LogP contribution is -2.56. The molecule has 19 heavy (non-hydrogen) atoms.